The molecule has 1 aromatic heterocycles. The maximum atomic E-state index is 9.31. The van der Waals surface area contributed by atoms with Crippen molar-refractivity contribution >= 4 is 11.6 Å². The van der Waals surface area contributed by atoms with E-state index in [1.807, 2.05) is 6.92 Å². The maximum Gasteiger partial charge on any atom is 0.137 e. The van der Waals surface area contributed by atoms with Crippen LogP contribution in [-0.4, -0.2) is 47.0 Å². The highest BCUT2D eigenvalue weighted by Gasteiger charge is 2.32. The van der Waals surface area contributed by atoms with Gasteiger partial charge in [-0.2, -0.15) is 0 Å². The van der Waals surface area contributed by atoms with Crippen molar-refractivity contribution in [3.05, 3.63) is 11.4 Å². The number of nitrogens with two attached hydrogens (primary N) is 1. The molecule has 1 saturated carbocycles. The number of anilines is 2. The van der Waals surface area contributed by atoms with Crippen LogP contribution in [0.2, 0.25) is 0 Å². The van der Waals surface area contributed by atoms with Gasteiger partial charge < -0.3 is 20.5 Å². The normalized spacial score (nSPS) is 26.9. The summed E-state index contributed by atoms with van der Waals surface area (Å²) in [5.41, 5.74) is 6.96. The number of aliphatic hydroxyl groups is 1. The highest BCUT2D eigenvalue weighted by molar-refractivity contribution is 5.57. The zero-order chi connectivity index (χ0) is 14.3. The highest BCUT2D eigenvalue weighted by Crippen LogP contribution is 2.40. The molecule has 0 radical (unpaired) electrons. The second-order valence-electron chi connectivity index (χ2n) is 5.83. The van der Waals surface area contributed by atoms with Gasteiger partial charge in [-0.3, -0.25) is 0 Å². The average molecular weight is 278 g/mol. The Bertz CT molecular complexity index is 504. The summed E-state index contributed by atoms with van der Waals surface area (Å²) in [6.07, 6.45) is 2.14. The number of rotatable bonds is 3. The van der Waals surface area contributed by atoms with Gasteiger partial charge in [-0.1, -0.05) is 0 Å². The lowest BCUT2D eigenvalue weighted by molar-refractivity contribution is -0.0106. The van der Waals surface area contributed by atoms with Gasteiger partial charge >= 0.3 is 0 Å². The molecule has 1 saturated heterocycles. The third-order valence-corrected chi connectivity index (χ3v) is 4.10. The molecule has 110 valence electrons. The summed E-state index contributed by atoms with van der Waals surface area (Å²) in [6.45, 7) is 5.31. The molecule has 2 heterocycles. The quantitative estimate of drug-likeness (QED) is 0.852. The molecule has 3 N–H and O–H groups in total. The zero-order valence-corrected chi connectivity index (χ0v) is 12.0. The molecule has 1 aliphatic heterocycles. The summed E-state index contributed by atoms with van der Waals surface area (Å²) in [5, 5.41) is 9.31. The summed E-state index contributed by atoms with van der Waals surface area (Å²) in [4.78, 5) is 11.3. The Hall–Kier alpha value is -1.40. The van der Waals surface area contributed by atoms with Crippen LogP contribution in [0.3, 0.4) is 0 Å². The van der Waals surface area contributed by atoms with E-state index < -0.39 is 0 Å². The van der Waals surface area contributed by atoms with Crippen LogP contribution in [-0.2, 0) is 4.74 Å². The monoisotopic (exact) mass is 278 g/mol. The molecule has 2 fully saturated rings. The minimum atomic E-state index is -0.161. The van der Waals surface area contributed by atoms with Crippen LogP contribution in [0.4, 0.5) is 11.6 Å². The number of ether oxygens (including phenoxy) is 1. The molecule has 0 bridgehead atoms. The number of morpholine rings is 1. The molecule has 2 atom stereocenters. The maximum absolute atomic E-state index is 9.31. The van der Waals surface area contributed by atoms with Gasteiger partial charge in [0.2, 0.25) is 0 Å². The fourth-order valence-electron chi connectivity index (χ4n) is 2.57. The molecule has 6 nitrogen and oxygen atoms in total. The van der Waals surface area contributed by atoms with Crippen molar-refractivity contribution in [1.82, 2.24) is 9.97 Å². The van der Waals surface area contributed by atoms with Gasteiger partial charge in [-0.25, -0.2) is 9.97 Å². The van der Waals surface area contributed by atoms with Crippen molar-refractivity contribution in [3.63, 3.8) is 0 Å². The molecular weight excluding hydrogens is 256 g/mol. The highest BCUT2D eigenvalue weighted by atomic mass is 16.5. The molecule has 2 unspecified atom stereocenters. The number of hydrogen-bond acceptors (Lipinski definition) is 6. The summed E-state index contributed by atoms with van der Waals surface area (Å²) in [7, 11) is 0. The molecule has 3 rings (SSSR count). The van der Waals surface area contributed by atoms with Gasteiger partial charge in [0, 0.05) is 18.0 Å². The van der Waals surface area contributed by atoms with Crippen molar-refractivity contribution in [3.8, 4) is 0 Å². The number of nitrogen functional groups attached to an aromatic ring is 1. The zero-order valence-electron chi connectivity index (χ0n) is 12.0. The van der Waals surface area contributed by atoms with Gasteiger partial charge in [0.25, 0.3) is 0 Å². The molecule has 2 aliphatic rings. The van der Waals surface area contributed by atoms with Crippen LogP contribution in [0.5, 0.6) is 0 Å². The van der Waals surface area contributed by atoms with Crippen LogP contribution >= 0.6 is 0 Å². The first-order valence-corrected chi connectivity index (χ1v) is 7.23. The van der Waals surface area contributed by atoms with E-state index in [0.29, 0.717) is 24.9 Å². The summed E-state index contributed by atoms with van der Waals surface area (Å²) in [6, 6.07) is 0.220. The number of hydrogen-bond donors (Lipinski definition) is 2. The predicted octanol–water partition coefficient (Wildman–Crippen LogP) is 0.831. The van der Waals surface area contributed by atoms with E-state index in [-0.39, 0.29) is 18.8 Å². The predicted molar refractivity (Wildman–Crippen MR) is 76.8 cm³/mol. The van der Waals surface area contributed by atoms with Crippen molar-refractivity contribution in [1.29, 1.82) is 0 Å². The van der Waals surface area contributed by atoms with E-state index in [2.05, 4.69) is 16.8 Å². The third kappa shape index (κ3) is 2.45. The van der Waals surface area contributed by atoms with Gasteiger partial charge in [-0.05, 0) is 26.7 Å². The summed E-state index contributed by atoms with van der Waals surface area (Å²) < 4.78 is 5.58. The average Bonchev–Trinajstić information content (AvgIpc) is 3.27. The molecule has 6 heteroatoms. The third-order valence-electron chi connectivity index (χ3n) is 4.10. The first-order valence-electron chi connectivity index (χ1n) is 7.23. The Kier molecular flexibility index (Phi) is 3.52. The van der Waals surface area contributed by atoms with Crippen LogP contribution in [0.15, 0.2) is 0 Å². The van der Waals surface area contributed by atoms with Gasteiger partial charge in [0.15, 0.2) is 0 Å². The lowest BCUT2D eigenvalue weighted by atomic mass is 10.1. The van der Waals surface area contributed by atoms with Gasteiger partial charge in [-0.15, -0.1) is 0 Å². The molecule has 1 aromatic rings. The Morgan fingerprint density at radius 3 is 2.80 bits per heavy atom. The smallest absolute Gasteiger partial charge is 0.137 e. The van der Waals surface area contributed by atoms with E-state index in [4.69, 9.17) is 15.5 Å². The van der Waals surface area contributed by atoms with Gasteiger partial charge in [0.05, 0.1) is 25.4 Å². The second-order valence-corrected chi connectivity index (χ2v) is 5.83. The van der Waals surface area contributed by atoms with E-state index in [1.165, 1.54) is 0 Å². The van der Waals surface area contributed by atoms with Crippen molar-refractivity contribution in [2.45, 2.75) is 44.8 Å². The fraction of sp³-hybridized carbons (Fsp3) is 0.714. The standard InChI is InChI=1S/C14H22N4O2/c1-8-7-20-11(6-19)5-18(8)14-9(2)12(15)16-13(17-14)10-3-4-10/h8,10-11,19H,3-7H2,1-2H3,(H2,15,16,17). The molecule has 1 aliphatic carbocycles. The van der Waals surface area contributed by atoms with Crippen LogP contribution < -0.4 is 10.6 Å². The fourth-order valence-corrected chi connectivity index (χ4v) is 2.57. The second kappa shape index (κ2) is 5.18. The van der Waals surface area contributed by atoms with Crippen LogP contribution in [0.1, 0.15) is 37.1 Å². The Morgan fingerprint density at radius 2 is 2.15 bits per heavy atom. The van der Waals surface area contributed by atoms with E-state index in [0.717, 1.165) is 30.0 Å². The molecule has 0 spiro atoms. The minimum absolute atomic E-state index is 0.0261. The van der Waals surface area contributed by atoms with Crippen LogP contribution in [0.25, 0.3) is 0 Å². The lowest BCUT2D eigenvalue weighted by Crippen LogP contribution is -2.50. The molecule has 0 amide bonds. The first kappa shape index (κ1) is 13.6. The summed E-state index contributed by atoms with van der Waals surface area (Å²) in [5.74, 6) is 2.80. The number of aliphatic hydroxyl groups excluding tert-OH is 1. The van der Waals surface area contributed by atoms with Gasteiger partial charge in [0.1, 0.15) is 17.5 Å². The minimum Gasteiger partial charge on any atom is -0.394 e. The largest absolute Gasteiger partial charge is 0.394 e. The topological polar surface area (TPSA) is 84.5 Å². The number of nitrogens with zero attached hydrogens (tertiary/aromatic N) is 3. The first-order chi connectivity index (χ1) is 9.60. The molecule has 0 aromatic carbocycles. The van der Waals surface area contributed by atoms with E-state index in [9.17, 15) is 5.11 Å². The Morgan fingerprint density at radius 1 is 1.40 bits per heavy atom. The van der Waals surface area contributed by atoms with E-state index in [1.54, 1.807) is 0 Å². The SMILES string of the molecule is Cc1c(N)nc(C2CC2)nc1N1CC(CO)OCC1C. The van der Waals surface area contributed by atoms with E-state index >= 15 is 0 Å². The van der Waals surface area contributed by atoms with Crippen molar-refractivity contribution in [2.24, 2.45) is 0 Å². The Labute approximate surface area is 119 Å². The Balaban J connectivity index is 1.94. The lowest BCUT2D eigenvalue weighted by Gasteiger charge is -2.39. The number of aromatic nitrogens is 2. The van der Waals surface area contributed by atoms with Crippen molar-refractivity contribution in [2.75, 3.05) is 30.4 Å². The molecular formula is C14H22N4O2. The van der Waals surface area contributed by atoms with Crippen LogP contribution in [0, 0.1) is 6.92 Å². The van der Waals surface area contributed by atoms with Crippen molar-refractivity contribution < 1.29 is 9.84 Å². The summed E-state index contributed by atoms with van der Waals surface area (Å²) >= 11 is 0. The molecule has 20 heavy (non-hydrogen) atoms.